The molecule has 2 nitrogen and oxygen atoms in total. The fourth-order valence-electron chi connectivity index (χ4n) is 10.4. The molecule has 1 heterocycles. The summed E-state index contributed by atoms with van der Waals surface area (Å²) in [6.45, 7) is 13.0. The lowest BCUT2D eigenvalue weighted by molar-refractivity contribution is 0.859. The van der Waals surface area contributed by atoms with Crippen LogP contribution in [-0.2, 0) is 6.42 Å². The number of thiophene rings is 1. The summed E-state index contributed by atoms with van der Waals surface area (Å²) in [5, 5.41) is 2.49. The van der Waals surface area contributed by atoms with Crippen LogP contribution in [0.2, 0.25) is 0 Å². The number of benzene rings is 9. The largest absolute Gasteiger partial charge is 0.233 e. The molecule has 0 saturated carbocycles. The van der Waals surface area contributed by atoms with E-state index in [0.29, 0.717) is 17.5 Å². The Hall–Kier alpha value is -8.24. The summed E-state index contributed by atoms with van der Waals surface area (Å²) in [5.74, 6) is 1.06. The lowest BCUT2D eigenvalue weighted by atomic mass is 9.81. The minimum absolute atomic E-state index is 0.394. The molecule has 0 N–H and O–H groups in total. The van der Waals surface area contributed by atoms with E-state index in [2.05, 4.69) is 228 Å². The molecule has 0 bridgehead atoms. The van der Waals surface area contributed by atoms with Gasteiger partial charge in [0.2, 0.25) is 0 Å². The second kappa shape index (κ2) is 20.2. The van der Waals surface area contributed by atoms with Crippen LogP contribution >= 0.6 is 11.3 Å². The number of hydrogen-bond acceptors (Lipinski definition) is 2. The summed E-state index contributed by atoms with van der Waals surface area (Å²) in [6.07, 6.45) is 6.68. The summed E-state index contributed by atoms with van der Waals surface area (Å²) >= 11 is 1.82. The van der Waals surface area contributed by atoms with Gasteiger partial charge in [0.1, 0.15) is 0 Å². The number of aliphatic imine (C=N–C) groups is 2. The van der Waals surface area contributed by atoms with Crippen molar-refractivity contribution >= 4 is 54.3 Å². The highest BCUT2D eigenvalue weighted by molar-refractivity contribution is 7.25. The summed E-state index contributed by atoms with van der Waals surface area (Å²) < 4.78 is 2.55. The molecule has 1 aromatic heterocycles. The monoisotopic (exact) mass is 944 g/mol. The molecule has 0 aliphatic heterocycles. The van der Waals surface area contributed by atoms with Gasteiger partial charge in [-0.1, -0.05) is 206 Å². The zero-order chi connectivity index (χ0) is 49.1. The molecule has 0 spiro atoms. The Bertz CT molecular complexity index is 3810. The molecular formula is C69H56N2S. The van der Waals surface area contributed by atoms with Crippen molar-refractivity contribution in [1.82, 2.24) is 0 Å². The number of amidine groups is 1. The van der Waals surface area contributed by atoms with Crippen LogP contribution in [0, 0.1) is 13.8 Å². The van der Waals surface area contributed by atoms with Gasteiger partial charge in [0, 0.05) is 42.9 Å². The predicted molar refractivity (Wildman–Crippen MR) is 311 cm³/mol. The highest BCUT2D eigenvalue weighted by Gasteiger charge is 2.23. The summed E-state index contributed by atoms with van der Waals surface area (Å²) in [6, 6.07) is 75.9. The van der Waals surface area contributed by atoms with Crippen molar-refractivity contribution in [2.75, 3.05) is 0 Å². The average molecular weight is 945 g/mol. The first kappa shape index (κ1) is 46.2. The third-order valence-corrected chi connectivity index (χ3v) is 15.4. The molecule has 2 aliphatic rings. The van der Waals surface area contributed by atoms with Gasteiger partial charge in [0.05, 0.1) is 5.70 Å². The van der Waals surface area contributed by atoms with Crippen LogP contribution in [0.1, 0.15) is 76.3 Å². The van der Waals surface area contributed by atoms with E-state index in [9.17, 15) is 0 Å². The maximum absolute atomic E-state index is 5.24. The van der Waals surface area contributed by atoms with Crippen molar-refractivity contribution in [1.29, 1.82) is 0 Å². The first-order valence-corrected chi connectivity index (χ1v) is 25.8. The van der Waals surface area contributed by atoms with Gasteiger partial charge in [-0.15, -0.1) is 11.3 Å². The van der Waals surface area contributed by atoms with Crippen LogP contribution in [0.15, 0.2) is 247 Å². The Balaban J connectivity index is 0.000000160. The van der Waals surface area contributed by atoms with E-state index in [1.807, 2.05) is 41.7 Å². The average Bonchev–Trinajstić information content (AvgIpc) is 3.99. The molecule has 3 heteroatoms. The van der Waals surface area contributed by atoms with Crippen molar-refractivity contribution < 1.29 is 0 Å². The molecule has 0 radical (unpaired) electrons. The summed E-state index contributed by atoms with van der Waals surface area (Å²) in [5.41, 5.74) is 23.4. The zero-order valence-corrected chi connectivity index (χ0v) is 42.2. The quantitative estimate of drug-likeness (QED) is 0.107. The predicted octanol–water partition coefficient (Wildman–Crippen LogP) is 18.7. The molecule has 2 aliphatic carbocycles. The number of fused-ring (bicyclic) bond motifs is 6. The third kappa shape index (κ3) is 9.52. The number of hydrogen-bond donors (Lipinski definition) is 0. The standard InChI is InChI=1S/C37H28N2S.C32H28/c1-23-16-17-27-21-28-12-9-14-30(36(28)32(27)20-23)25(3)39-37(38-24(2)26-10-5-4-6-11-26)29-18-19-35-33(22-29)31-13-7-8-15-34(31)40-35;1-23-10-6-7-17-31(23)32-22-30(19-18-24(32)2)29-16-9-15-28(21-29)27-14-8-13-26(20-27)25-11-4-3-5-12-25/h4-20,22H,2,21H2,1,3H3;3-21,30H,22H2,1-2H3. The number of rotatable bonds is 8. The lowest BCUT2D eigenvalue weighted by Crippen LogP contribution is -2.06. The van der Waals surface area contributed by atoms with Gasteiger partial charge in [-0.3, -0.25) is 0 Å². The molecule has 12 rings (SSSR count). The topological polar surface area (TPSA) is 24.7 Å². The Morgan fingerprint density at radius 3 is 2.03 bits per heavy atom. The minimum atomic E-state index is 0.394. The Morgan fingerprint density at radius 2 is 1.21 bits per heavy atom. The Kier molecular flexibility index (Phi) is 13.0. The molecule has 0 amide bonds. The van der Waals surface area contributed by atoms with E-state index in [0.717, 1.165) is 35.2 Å². The molecule has 9 aromatic carbocycles. The van der Waals surface area contributed by atoms with Crippen molar-refractivity contribution in [3.63, 3.8) is 0 Å². The van der Waals surface area contributed by atoms with Gasteiger partial charge in [-0.2, -0.15) is 0 Å². The second-order valence-electron chi connectivity index (χ2n) is 19.2. The Labute approximate surface area is 428 Å². The van der Waals surface area contributed by atoms with Gasteiger partial charge >= 0.3 is 0 Å². The second-order valence-corrected chi connectivity index (χ2v) is 20.2. The third-order valence-electron chi connectivity index (χ3n) is 14.3. The van der Waals surface area contributed by atoms with Crippen LogP contribution in [-0.4, -0.2) is 11.5 Å². The number of aryl methyl sites for hydroxylation is 2. The van der Waals surface area contributed by atoms with Crippen LogP contribution in [0.3, 0.4) is 0 Å². The summed E-state index contributed by atoms with van der Waals surface area (Å²) in [7, 11) is 0. The van der Waals surface area contributed by atoms with Gasteiger partial charge < -0.3 is 0 Å². The van der Waals surface area contributed by atoms with Gasteiger partial charge in [0.15, 0.2) is 5.84 Å². The molecule has 72 heavy (non-hydrogen) atoms. The highest BCUT2D eigenvalue weighted by Crippen LogP contribution is 2.42. The summed E-state index contributed by atoms with van der Waals surface area (Å²) in [4.78, 5) is 10.3. The van der Waals surface area contributed by atoms with Crippen molar-refractivity contribution in [3.8, 4) is 33.4 Å². The molecule has 10 aromatic rings. The van der Waals surface area contributed by atoms with E-state index in [1.165, 1.54) is 98.1 Å². The van der Waals surface area contributed by atoms with Crippen molar-refractivity contribution in [2.24, 2.45) is 9.98 Å². The van der Waals surface area contributed by atoms with E-state index >= 15 is 0 Å². The van der Waals surface area contributed by atoms with E-state index in [-0.39, 0.29) is 0 Å². The smallest absolute Gasteiger partial charge is 0.160 e. The molecule has 0 fully saturated rings. The van der Waals surface area contributed by atoms with Crippen molar-refractivity contribution in [3.05, 3.63) is 287 Å². The zero-order valence-electron chi connectivity index (χ0n) is 41.4. The fourth-order valence-corrected chi connectivity index (χ4v) is 11.5. The van der Waals surface area contributed by atoms with Gasteiger partial charge in [-0.25, -0.2) is 9.98 Å². The Morgan fingerprint density at radius 1 is 0.528 bits per heavy atom. The normalized spacial score (nSPS) is 14.2. The molecular weight excluding hydrogens is 889 g/mol. The van der Waals surface area contributed by atoms with Gasteiger partial charge in [0.25, 0.3) is 0 Å². The van der Waals surface area contributed by atoms with Crippen LogP contribution in [0.4, 0.5) is 0 Å². The van der Waals surface area contributed by atoms with Crippen LogP contribution in [0.25, 0.3) is 64.8 Å². The number of nitrogens with zero attached hydrogens (tertiary/aromatic N) is 2. The maximum Gasteiger partial charge on any atom is 0.160 e. The highest BCUT2D eigenvalue weighted by atomic mass is 32.1. The molecule has 1 unspecified atom stereocenters. The van der Waals surface area contributed by atoms with Crippen LogP contribution < -0.4 is 0 Å². The lowest BCUT2D eigenvalue weighted by Gasteiger charge is -2.23. The fraction of sp³-hybridized carbons (Fsp3) is 0.101. The maximum atomic E-state index is 5.24. The van der Waals surface area contributed by atoms with E-state index in [4.69, 9.17) is 9.98 Å². The van der Waals surface area contributed by atoms with Crippen LogP contribution in [0.5, 0.6) is 0 Å². The molecule has 348 valence electrons. The SMILES string of the molecule is C=C(N=C(N=C(C)c1cccc2c1-c1cc(C)ccc1C2)c1ccc2sc3ccccc3c2c1)c1ccccc1.CC1=C(c2ccccc2C)CC(c2cccc(-c3cccc(-c4ccccc4)c3)c2)C=C1. The van der Waals surface area contributed by atoms with E-state index in [1.54, 1.807) is 0 Å². The van der Waals surface area contributed by atoms with Crippen molar-refractivity contribution in [2.45, 2.75) is 46.5 Å². The first-order chi connectivity index (χ1) is 35.2. The number of allylic oxidation sites excluding steroid dienone is 4. The molecule has 0 saturated heterocycles. The van der Waals surface area contributed by atoms with Gasteiger partial charge in [-0.05, 0) is 149 Å². The van der Waals surface area contributed by atoms with E-state index < -0.39 is 0 Å². The molecule has 1 atom stereocenters. The first-order valence-electron chi connectivity index (χ1n) is 25.0. The minimum Gasteiger partial charge on any atom is -0.233 e.